The van der Waals surface area contributed by atoms with Crippen molar-refractivity contribution < 1.29 is 4.79 Å². The molecule has 1 unspecified atom stereocenters. The first-order valence-electron chi connectivity index (χ1n) is 6.56. The lowest BCUT2D eigenvalue weighted by molar-refractivity contribution is -0.121. The molecule has 0 saturated carbocycles. The van der Waals surface area contributed by atoms with Crippen molar-refractivity contribution >= 4 is 21.8 Å². The maximum Gasteiger partial charge on any atom is 0.220 e. The Morgan fingerprint density at radius 3 is 2.44 bits per heavy atom. The zero-order valence-electron chi connectivity index (χ0n) is 10.7. The molecule has 0 aliphatic rings. The van der Waals surface area contributed by atoms with Gasteiger partial charge in [-0.15, -0.1) is 0 Å². The summed E-state index contributed by atoms with van der Waals surface area (Å²) in [6.07, 6.45) is 9.13. The Hall–Kier alpha value is -0.0500. The first-order valence-corrected chi connectivity index (χ1v) is 7.68. The van der Waals surface area contributed by atoms with Crippen molar-refractivity contribution in [2.24, 2.45) is 0 Å². The van der Waals surface area contributed by atoms with Crippen LogP contribution in [0.4, 0.5) is 0 Å². The largest absolute Gasteiger partial charge is 0.354 e. The molecule has 0 aliphatic heterocycles. The molecular formula is C13H26BrNO. The summed E-state index contributed by atoms with van der Waals surface area (Å²) in [4.78, 5) is 11.5. The molecule has 0 bridgehead atoms. The molecule has 1 N–H and O–H groups in total. The van der Waals surface area contributed by atoms with Crippen LogP contribution in [0, 0.1) is 0 Å². The highest BCUT2D eigenvalue weighted by Gasteiger charge is 2.05. The van der Waals surface area contributed by atoms with Crippen LogP contribution in [0.15, 0.2) is 0 Å². The van der Waals surface area contributed by atoms with E-state index < -0.39 is 0 Å². The first-order chi connectivity index (χ1) is 7.70. The second-order valence-electron chi connectivity index (χ2n) is 4.46. The van der Waals surface area contributed by atoms with E-state index in [4.69, 9.17) is 0 Å². The minimum atomic E-state index is 0.212. The van der Waals surface area contributed by atoms with Crippen LogP contribution < -0.4 is 5.32 Å². The van der Waals surface area contributed by atoms with Crippen molar-refractivity contribution in [3.63, 3.8) is 0 Å². The predicted octanol–water partition coefficient (Wildman–Crippen LogP) is 4.03. The molecule has 0 aromatic heterocycles. The number of halogens is 1. The van der Waals surface area contributed by atoms with Gasteiger partial charge in [0.05, 0.1) is 0 Å². The molecule has 0 heterocycles. The van der Waals surface area contributed by atoms with E-state index in [9.17, 15) is 4.79 Å². The zero-order chi connectivity index (χ0) is 12.2. The van der Waals surface area contributed by atoms with Crippen molar-refractivity contribution in [3.05, 3.63) is 0 Å². The number of hydrogen-bond donors (Lipinski definition) is 1. The van der Waals surface area contributed by atoms with Gasteiger partial charge in [-0.3, -0.25) is 4.79 Å². The summed E-state index contributed by atoms with van der Waals surface area (Å²) >= 11 is 3.38. The van der Waals surface area contributed by atoms with Crippen molar-refractivity contribution in [1.29, 1.82) is 0 Å². The lowest BCUT2D eigenvalue weighted by atomic mass is 10.1. The van der Waals surface area contributed by atoms with Crippen LogP contribution in [0.5, 0.6) is 0 Å². The lowest BCUT2D eigenvalue weighted by Gasteiger charge is -2.12. The fourth-order valence-corrected chi connectivity index (χ4v) is 2.34. The van der Waals surface area contributed by atoms with Crippen LogP contribution in [-0.4, -0.2) is 17.3 Å². The van der Waals surface area contributed by atoms with E-state index >= 15 is 0 Å². The summed E-state index contributed by atoms with van der Waals surface area (Å²) in [5, 5.41) is 3.96. The molecule has 1 atom stereocenters. The van der Waals surface area contributed by atoms with Gasteiger partial charge in [0.1, 0.15) is 0 Å². The number of rotatable bonds is 10. The van der Waals surface area contributed by atoms with Crippen molar-refractivity contribution in [2.75, 3.05) is 5.33 Å². The van der Waals surface area contributed by atoms with Crippen LogP contribution in [0.2, 0.25) is 0 Å². The van der Waals surface area contributed by atoms with Crippen molar-refractivity contribution in [1.82, 2.24) is 5.32 Å². The molecule has 1 amide bonds. The molecular weight excluding hydrogens is 266 g/mol. The van der Waals surface area contributed by atoms with Gasteiger partial charge in [-0.2, -0.15) is 0 Å². The van der Waals surface area contributed by atoms with Crippen molar-refractivity contribution in [3.8, 4) is 0 Å². The second-order valence-corrected chi connectivity index (χ2v) is 5.26. The molecule has 0 radical (unpaired) electrons. The number of nitrogens with one attached hydrogen (secondary N) is 1. The lowest BCUT2D eigenvalue weighted by Crippen LogP contribution is -2.32. The molecule has 0 aromatic carbocycles. The Morgan fingerprint density at radius 1 is 1.19 bits per heavy atom. The highest BCUT2D eigenvalue weighted by Crippen LogP contribution is 2.07. The second kappa shape index (κ2) is 11.4. The van der Waals surface area contributed by atoms with Gasteiger partial charge in [-0.25, -0.2) is 0 Å². The fraction of sp³-hybridized carbons (Fsp3) is 0.923. The Labute approximate surface area is 109 Å². The number of amides is 1. The Balaban J connectivity index is 3.30. The van der Waals surface area contributed by atoms with Crippen molar-refractivity contribution in [2.45, 2.75) is 71.3 Å². The Bertz CT molecular complexity index is 173. The number of alkyl halides is 1. The summed E-state index contributed by atoms with van der Waals surface area (Å²) in [7, 11) is 0. The van der Waals surface area contributed by atoms with Gasteiger partial charge in [0.15, 0.2) is 0 Å². The highest BCUT2D eigenvalue weighted by molar-refractivity contribution is 9.09. The number of carbonyl (C=O) groups excluding carboxylic acids is 1. The van der Waals surface area contributed by atoms with E-state index in [1.807, 2.05) is 0 Å². The monoisotopic (exact) mass is 291 g/mol. The van der Waals surface area contributed by atoms with E-state index in [-0.39, 0.29) is 5.91 Å². The predicted molar refractivity (Wildman–Crippen MR) is 74.0 cm³/mol. The third kappa shape index (κ3) is 10.5. The number of hydrogen-bond acceptors (Lipinski definition) is 1. The molecule has 0 fully saturated rings. The van der Waals surface area contributed by atoms with E-state index in [0.717, 1.165) is 18.2 Å². The zero-order valence-corrected chi connectivity index (χ0v) is 12.3. The molecule has 0 rings (SSSR count). The van der Waals surface area contributed by atoms with Gasteiger partial charge < -0.3 is 5.32 Å². The average Bonchev–Trinajstić information content (AvgIpc) is 2.23. The number of unbranched alkanes of at least 4 members (excludes halogenated alkanes) is 5. The average molecular weight is 292 g/mol. The normalized spacial score (nSPS) is 12.4. The van der Waals surface area contributed by atoms with E-state index in [1.54, 1.807) is 0 Å². The van der Waals surface area contributed by atoms with Gasteiger partial charge >= 0.3 is 0 Å². The van der Waals surface area contributed by atoms with Crippen LogP contribution in [0.3, 0.4) is 0 Å². The van der Waals surface area contributed by atoms with Crippen LogP contribution in [0.1, 0.15) is 65.2 Å². The van der Waals surface area contributed by atoms with Gasteiger partial charge in [0.25, 0.3) is 0 Å². The molecule has 2 nitrogen and oxygen atoms in total. The summed E-state index contributed by atoms with van der Waals surface area (Å²) in [5.74, 6) is 0.212. The standard InChI is InChI=1S/C13H26BrNO/c1-3-4-5-6-7-8-9-13(16)15-12(2)10-11-14/h12H,3-11H2,1-2H3,(H,15,16). The SMILES string of the molecule is CCCCCCCCC(=O)NC(C)CCBr. The molecule has 0 aliphatic carbocycles. The minimum absolute atomic E-state index is 0.212. The van der Waals surface area contributed by atoms with E-state index in [2.05, 4.69) is 35.1 Å². The summed E-state index contributed by atoms with van der Waals surface area (Å²) < 4.78 is 0. The molecule has 0 spiro atoms. The topological polar surface area (TPSA) is 29.1 Å². The smallest absolute Gasteiger partial charge is 0.220 e. The van der Waals surface area contributed by atoms with Gasteiger partial charge in [-0.1, -0.05) is 55.0 Å². The van der Waals surface area contributed by atoms with Crippen LogP contribution in [0.25, 0.3) is 0 Å². The highest BCUT2D eigenvalue weighted by atomic mass is 79.9. The third-order valence-corrected chi connectivity index (χ3v) is 3.16. The minimum Gasteiger partial charge on any atom is -0.354 e. The Morgan fingerprint density at radius 2 is 1.81 bits per heavy atom. The van der Waals surface area contributed by atoms with E-state index in [1.165, 1.54) is 32.1 Å². The molecule has 3 heteroatoms. The summed E-state index contributed by atoms with van der Waals surface area (Å²) in [5.41, 5.74) is 0. The Kier molecular flexibility index (Phi) is 11.4. The molecule has 0 saturated heterocycles. The van der Waals surface area contributed by atoms with Gasteiger partial charge in [0, 0.05) is 17.8 Å². The van der Waals surface area contributed by atoms with Crippen LogP contribution >= 0.6 is 15.9 Å². The van der Waals surface area contributed by atoms with Crippen LogP contribution in [-0.2, 0) is 4.79 Å². The van der Waals surface area contributed by atoms with E-state index in [0.29, 0.717) is 12.5 Å². The maximum atomic E-state index is 11.5. The summed E-state index contributed by atoms with van der Waals surface area (Å²) in [6, 6.07) is 0.298. The third-order valence-electron chi connectivity index (χ3n) is 2.71. The fourth-order valence-electron chi connectivity index (χ4n) is 1.65. The molecule has 16 heavy (non-hydrogen) atoms. The molecule has 96 valence electrons. The maximum absolute atomic E-state index is 11.5. The number of carbonyl (C=O) groups is 1. The van der Waals surface area contributed by atoms with Gasteiger partial charge in [0.2, 0.25) is 5.91 Å². The summed E-state index contributed by atoms with van der Waals surface area (Å²) in [6.45, 7) is 4.28. The quantitative estimate of drug-likeness (QED) is 0.478. The molecule has 0 aromatic rings. The first kappa shape index (κ1) is 16.0. The van der Waals surface area contributed by atoms with Gasteiger partial charge in [-0.05, 0) is 19.8 Å².